The highest BCUT2D eigenvalue weighted by atomic mass is 15.3. The summed E-state index contributed by atoms with van der Waals surface area (Å²) in [6.45, 7) is 9.36. The summed E-state index contributed by atoms with van der Waals surface area (Å²) in [5.41, 5.74) is 1.94. The van der Waals surface area contributed by atoms with Crippen LogP contribution < -0.4 is 5.32 Å². The van der Waals surface area contributed by atoms with Crippen LogP contribution >= 0.6 is 0 Å². The molecule has 2 unspecified atom stereocenters. The van der Waals surface area contributed by atoms with Gasteiger partial charge in [0, 0.05) is 24.7 Å². The van der Waals surface area contributed by atoms with E-state index in [0.717, 1.165) is 13.1 Å². The van der Waals surface area contributed by atoms with Crippen molar-refractivity contribution in [2.45, 2.75) is 57.2 Å². The molecule has 1 saturated carbocycles. The van der Waals surface area contributed by atoms with Gasteiger partial charge in [-0.1, -0.05) is 30.3 Å². The first-order valence-corrected chi connectivity index (χ1v) is 7.61. The molecule has 1 aromatic rings. The normalized spacial score (nSPS) is 34.8. The predicted molar refractivity (Wildman–Crippen MR) is 80.2 cm³/mol. The lowest BCUT2D eigenvalue weighted by molar-refractivity contribution is -0.0415. The quantitative estimate of drug-likeness (QED) is 0.876. The second-order valence-electron chi connectivity index (χ2n) is 6.91. The SMILES string of the molecule is CC1CNC(C)(c2ccccc2)CN1C1(C)CCC1. The van der Waals surface area contributed by atoms with E-state index in [4.69, 9.17) is 0 Å². The maximum atomic E-state index is 3.77. The zero-order chi connectivity index (χ0) is 13.5. The second-order valence-corrected chi connectivity index (χ2v) is 6.91. The second kappa shape index (κ2) is 4.60. The lowest BCUT2D eigenvalue weighted by Gasteiger charge is -2.56. The van der Waals surface area contributed by atoms with Gasteiger partial charge in [0.25, 0.3) is 0 Å². The fourth-order valence-electron chi connectivity index (χ4n) is 3.73. The molecule has 1 N–H and O–H groups in total. The minimum absolute atomic E-state index is 0.0897. The van der Waals surface area contributed by atoms with Crippen LogP contribution in [0.2, 0.25) is 0 Å². The lowest BCUT2D eigenvalue weighted by Crippen LogP contribution is -2.67. The number of hydrogen-bond acceptors (Lipinski definition) is 2. The average molecular weight is 258 g/mol. The van der Waals surface area contributed by atoms with Crippen LogP contribution in [0.4, 0.5) is 0 Å². The zero-order valence-corrected chi connectivity index (χ0v) is 12.4. The Hall–Kier alpha value is -0.860. The Labute approximate surface area is 117 Å². The first-order valence-electron chi connectivity index (χ1n) is 7.61. The van der Waals surface area contributed by atoms with E-state index >= 15 is 0 Å². The first-order chi connectivity index (χ1) is 9.04. The molecule has 0 aromatic heterocycles. The van der Waals surface area contributed by atoms with E-state index in [0.29, 0.717) is 11.6 Å². The lowest BCUT2D eigenvalue weighted by atomic mass is 9.74. The number of hydrogen-bond donors (Lipinski definition) is 1. The highest BCUT2D eigenvalue weighted by Gasteiger charge is 2.45. The molecular formula is C17H26N2. The molecule has 3 rings (SSSR count). The molecule has 1 aliphatic carbocycles. The van der Waals surface area contributed by atoms with E-state index in [1.54, 1.807) is 0 Å². The van der Waals surface area contributed by atoms with Crippen molar-refractivity contribution in [2.24, 2.45) is 0 Å². The van der Waals surface area contributed by atoms with Gasteiger partial charge in [-0.15, -0.1) is 0 Å². The van der Waals surface area contributed by atoms with Crippen LogP contribution in [0.5, 0.6) is 0 Å². The Morgan fingerprint density at radius 1 is 1.16 bits per heavy atom. The third-order valence-electron chi connectivity index (χ3n) is 5.34. The summed E-state index contributed by atoms with van der Waals surface area (Å²) in [7, 11) is 0. The highest BCUT2D eigenvalue weighted by molar-refractivity contribution is 5.25. The molecule has 2 nitrogen and oxygen atoms in total. The summed E-state index contributed by atoms with van der Waals surface area (Å²) >= 11 is 0. The number of nitrogens with one attached hydrogen (secondary N) is 1. The van der Waals surface area contributed by atoms with Gasteiger partial charge < -0.3 is 5.32 Å². The number of rotatable bonds is 2. The molecule has 0 bridgehead atoms. The molecular weight excluding hydrogens is 232 g/mol. The van der Waals surface area contributed by atoms with Crippen molar-refractivity contribution in [1.29, 1.82) is 0 Å². The van der Waals surface area contributed by atoms with Crippen LogP contribution in [0.15, 0.2) is 30.3 Å². The largest absolute Gasteiger partial charge is 0.305 e. The van der Waals surface area contributed by atoms with Gasteiger partial charge in [0.15, 0.2) is 0 Å². The van der Waals surface area contributed by atoms with E-state index in [-0.39, 0.29) is 5.54 Å². The molecule has 19 heavy (non-hydrogen) atoms. The van der Waals surface area contributed by atoms with Crippen molar-refractivity contribution in [3.8, 4) is 0 Å². The summed E-state index contributed by atoms with van der Waals surface area (Å²) < 4.78 is 0. The Bertz CT molecular complexity index is 438. The summed E-state index contributed by atoms with van der Waals surface area (Å²) in [6, 6.07) is 11.5. The zero-order valence-electron chi connectivity index (χ0n) is 12.4. The monoisotopic (exact) mass is 258 g/mol. The molecule has 0 radical (unpaired) electrons. The first kappa shape index (κ1) is 13.1. The summed E-state index contributed by atoms with van der Waals surface area (Å²) in [5, 5.41) is 3.77. The molecule has 0 spiro atoms. The van der Waals surface area contributed by atoms with Crippen molar-refractivity contribution < 1.29 is 0 Å². The predicted octanol–water partition coefficient (Wildman–Crippen LogP) is 3.14. The third-order valence-corrected chi connectivity index (χ3v) is 5.34. The topological polar surface area (TPSA) is 15.3 Å². The standard InChI is InChI=1S/C17H26N2/c1-14-12-18-17(3,15-8-5-4-6-9-15)13-19(14)16(2)10-7-11-16/h4-6,8-9,14,18H,7,10-13H2,1-3H3. The Kier molecular flexibility index (Phi) is 3.18. The van der Waals surface area contributed by atoms with Gasteiger partial charge >= 0.3 is 0 Å². The van der Waals surface area contributed by atoms with Crippen molar-refractivity contribution in [1.82, 2.24) is 10.2 Å². The molecule has 1 aromatic carbocycles. The molecule has 1 aliphatic heterocycles. The average Bonchev–Trinajstić information content (AvgIpc) is 2.40. The van der Waals surface area contributed by atoms with Crippen molar-refractivity contribution >= 4 is 0 Å². The minimum Gasteiger partial charge on any atom is -0.305 e. The smallest absolute Gasteiger partial charge is 0.0535 e. The molecule has 0 amide bonds. The van der Waals surface area contributed by atoms with Gasteiger partial charge in [-0.05, 0) is 45.6 Å². The van der Waals surface area contributed by atoms with Crippen molar-refractivity contribution in [2.75, 3.05) is 13.1 Å². The molecule has 1 heterocycles. The molecule has 104 valence electrons. The van der Waals surface area contributed by atoms with E-state index in [2.05, 4.69) is 61.3 Å². The number of benzene rings is 1. The molecule has 2 atom stereocenters. The Morgan fingerprint density at radius 3 is 2.42 bits per heavy atom. The number of nitrogens with zero attached hydrogens (tertiary/aromatic N) is 1. The van der Waals surface area contributed by atoms with Crippen LogP contribution in [0, 0.1) is 0 Å². The Morgan fingerprint density at radius 2 is 1.84 bits per heavy atom. The van der Waals surface area contributed by atoms with Crippen molar-refractivity contribution in [3.05, 3.63) is 35.9 Å². The molecule has 2 aliphatic rings. The molecule has 2 heteroatoms. The van der Waals surface area contributed by atoms with Crippen LogP contribution in [0.25, 0.3) is 0 Å². The fraction of sp³-hybridized carbons (Fsp3) is 0.647. The van der Waals surface area contributed by atoms with Crippen molar-refractivity contribution in [3.63, 3.8) is 0 Å². The summed E-state index contributed by atoms with van der Waals surface area (Å²) in [6.07, 6.45) is 4.12. The molecule has 2 fully saturated rings. The minimum atomic E-state index is 0.0897. The van der Waals surface area contributed by atoms with Gasteiger partial charge in [-0.3, -0.25) is 4.90 Å². The van der Waals surface area contributed by atoms with Gasteiger partial charge in [0.2, 0.25) is 0 Å². The van der Waals surface area contributed by atoms with Crippen LogP contribution in [0.1, 0.15) is 45.6 Å². The van der Waals surface area contributed by atoms with Crippen LogP contribution in [0.3, 0.4) is 0 Å². The van der Waals surface area contributed by atoms with E-state index in [1.807, 2.05) is 0 Å². The highest BCUT2D eigenvalue weighted by Crippen LogP contribution is 2.41. The fourth-order valence-corrected chi connectivity index (χ4v) is 3.73. The van der Waals surface area contributed by atoms with E-state index in [1.165, 1.54) is 24.8 Å². The summed E-state index contributed by atoms with van der Waals surface area (Å²) in [5.74, 6) is 0. The Balaban J connectivity index is 1.85. The summed E-state index contributed by atoms with van der Waals surface area (Å²) in [4.78, 5) is 2.75. The van der Waals surface area contributed by atoms with Gasteiger partial charge in [0.05, 0.1) is 5.54 Å². The van der Waals surface area contributed by atoms with E-state index in [9.17, 15) is 0 Å². The maximum absolute atomic E-state index is 3.77. The third kappa shape index (κ3) is 2.21. The molecule has 1 saturated heterocycles. The van der Waals surface area contributed by atoms with Gasteiger partial charge in [0.1, 0.15) is 0 Å². The van der Waals surface area contributed by atoms with Gasteiger partial charge in [-0.25, -0.2) is 0 Å². The van der Waals surface area contributed by atoms with Crippen LogP contribution in [-0.2, 0) is 5.54 Å². The van der Waals surface area contributed by atoms with Crippen LogP contribution in [-0.4, -0.2) is 29.6 Å². The van der Waals surface area contributed by atoms with E-state index < -0.39 is 0 Å². The number of piperazine rings is 1. The van der Waals surface area contributed by atoms with Gasteiger partial charge in [-0.2, -0.15) is 0 Å². The maximum Gasteiger partial charge on any atom is 0.0535 e.